The highest BCUT2D eigenvalue weighted by Crippen LogP contribution is 2.48. The lowest BCUT2D eigenvalue weighted by Gasteiger charge is -2.40. The number of hydrogen-bond acceptors (Lipinski definition) is 2. The maximum Gasteiger partial charge on any atom is 0.0493 e. The topological polar surface area (TPSA) is 12.0 Å². The fourth-order valence-electron chi connectivity index (χ4n) is 2.33. The second-order valence-corrected chi connectivity index (χ2v) is 6.09. The van der Waals surface area contributed by atoms with Crippen LogP contribution < -0.4 is 5.32 Å². The summed E-state index contributed by atoms with van der Waals surface area (Å²) in [6, 6.07) is 6.16. The largest absolute Gasteiger partial charge is 0.384 e. The van der Waals surface area contributed by atoms with Crippen molar-refractivity contribution in [3.8, 4) is 0 Å². The molecule has 0 aromatic heterocycles. The summed E-state index contributed by atoms with van der Waals surface area (Å²) in [7, 11) is 0. The molecule has 1 heterocycles. The molecule has 1 saturated carbocycles. The van der Waals surface area contributed by atoms with Crippen molar-refractivity contribution in [2.45, 2.75) is 24.2 Å². The lowest BCUT2D eigenvalue weighted by molar-refractivity contribution is 0.187. The predicted octanol–water partition coefficient (Wildman–Crippen LogP) is 4.03. The molecule has 1 aromatic rings. The zero-order valence-corrected chi connectivity index (χ0v) is 10.1. The van der Waals surface area contributed by atoms with E-state index in [1.165, 1.54) is 35.6 Å². The van der Waals surface area contributed by atoms with E-state index in [2.05, 4.69) is 11.4 Å². The van der Waals surface area contributed by atoms with Crippen LogP contribution in [0.4, 0.5) is 5.69 Å². The number of fused-ring (bicyclic) bond motifs is 1. The third kappa shape index (κ3) is 1.74. The van der Waals surface area contributed by atoms with Gasteiger partial charge in [0.1, 0.15) is 0 Å². The fourth-order valence-corrected chi connectivity index (χ4v) is 3.80. The molecule has 3 heteroatoms. The van der Waals surface area contributed by atoms with Gasteiger partial charge < -0.3 is 5.32 Å². The summed E-state index contributed by atoms with van der Waals surface area (Å²) >= 11 is 7.98. The van der Waals surface area contributed by atoms with Gasteiger partial charge in [-0.15, -0.1) is 11.8 Å². The first-order valence-corrected chi connectivity index (χ1v) is 6.80. The summed E-state index contributed by atoms with van der Waals surface area (Å²) in [6.45, 7) is 1.12. The predicted molar refractivity (Wildman–Crippen MR) is 66.9 cm³/mol. The van der Waals surface area contributed by atoms with Crippen LogP contribution in [0.3, 0.4) is 0 Å². The minimum absolute atomic E-state index is 0.566. The third-order valence-electron chi connectivity index (χ3n) is 3.54. The van der Waals surface area contributed by atoms with Crippen molar-refractivity contribution in [2.75, 3.05) is 17.6 Å². The van der Waals surface area contributed by atoms with E-state index >= 15 is 0 Å². The van der Waals surface area contributed by atoms with E-state index in [9.17, 15) is 0 Å². The lowest BCUT2D eigenvalue weighted by atomic mass is 9.70. The quantitative estimate of drug-likeness (QED) is 0.734. The van der Waals surface area contributed by atoms with Gasteiger partial charge in [-0.2, -0.15) is 0 Å². The Morgan fingerprint density at radius 2 is 2.20 bits per heavy atom. The van der Waals surface area contributed by atoms with Crippen LogP contribution >= 0.6 is 23.4 Å². The molecule has 1 aliphatic heterocycles. The highest BCUT2D eigenvalue weighted by atomic mass is 35.5. The molecule has 1 aliphatic carbocycles. The molecular weight excluding hydrogens is 226 g/mol. The van der Waals surface area contributed by atoms with E-state index in [1.807, 2.05) is 23.9 Å². The van der Waals surface area contributed by atoms with Crippen LogP contribution in [0.2, 0.25) is 5.02 Å². The van der Waals surface area contributed by atoms with E-state index in [4.69, 9.17) is 11.6 Å². The molecule has 0 amide bonds. The van der Waals surface area contributed by atoms with E-state index in [0.717, 1.165) is 11.6 Å². The molecule has 1 spiro atoms. The van der Waals surface area contributed by atoms with Gasteiger partial charge in [0.2, 0.25) is 0 Å². The number of nitrogens with one attached hydrogen (secondary N) is 1. The lowest BCUT2D eigenvalue weighted by Crippen LogP contribution is -2.37. The van der Waals surface area contributed by atoms with Crippen LogP contribution in [0, 0.1) is 5.41 Å². The molecule has 0 unspecified atom stereocenters. The smallest absolute Gasteiger partial charge is 0.0493 e. The van der Waals surface area contributed by atoms with E-state index in [-0.39, 0.29) is 0 Å². The highest BCUT2D eigenvalue weighted by Gasteiger charge is 2.38. The molecular formula is C12H14ClNS. The van der Waals surface area contributed by atoms with Crippen LogP contribution in [0.15, 0.2) is 23.1 Å². The second kappa shape index (κ2) is 3.60. The average molecular weight is 240 g/mol. The average Bonchev–Trinajstić information content (AvgIpc) is 2.36. The number of benzene rings is 1. The van der Waals surface area contributed by atoms with Gasteiger partial charge >= 0.3 is 0 Å². The monoisotopic (exact) mass is 239 g/mol. The number of halogens is 1. The van der Waals surface area contributed by atoms with Gasteiger partial charge in [0.25, 0.3) is 0 Å². The molecule has 0 radical (unpaired) electrons. The van der Waals surface area contributed by atoms with E-state index in [0.29, 0.717) is 5.41 Å². The Morgan fingerprint density at radius 3 is 2.93 bits per heavy atom. The number of thioether (sulfide) groups is 1. The molecule has 80 valence electrons. The Hall–Kier alpha value is -0.340. The SMILES string of the molecule is Clc1ccc2c(c1)NCC1(CCC1)CS2. The summed E-state index contributed by atoms with van der Waals surface area (Å²) in [5.74, 6) is 1.26. The summed E-state index contributed by atoms with van der Waals surface area (Å²) in [4.78, 5) is 1.35. The molecule has 15 heavy (non-hydrogen) atoms. The summed E-state index contributed by atoms with van der Waals surface area (Å²) in [5, 5.41) is 4.38. The molecule has 1 N–H and O–H groups in total. The third-order valence-corrected chi connectivity index (χ3v) is 5.20. The second-order valence-electron chi connectivity index (χ2n) is 4.64. The first-order chi connectivity index (χ1) is 7.27. The first kappa shape index (κ1) is 9.86. The van der Waals surface area contributed by atoms with E-state index < -0.39 is 0 Å². The molecule has 0 saturated heterocycles. The van der Waals surface area contributed by atoms with Gasteiger partial charge in [0.05, 0.1) is 0 Å². The van der Waals surface area contributed by atoms with Crippen LogP contribution in [-0.2, 0) is 0 Å². The summed E-state index contributed by atoms with van der Waals surface area (Å²) < 4.78 is 0. The van der Waals surface area contributed by atoms with Crippen molar-refractivity contribution in [2.24, 2.45) is 5.41 Å². The zero-order chi connectivity index (χ0) is 10.3. The standard InChI is InChI=1S/C12H14ClNS/c13-9-2-3-11-10(6-9)14-7-12(8-15-11)4-1-5-12/h2-3,6,14H,1,4-5,7-8H2. The normalized spacial score (nSPS) is 22.5. The summed E-state index contributed by atoms with van der Waals surface area (Å²) in [6.07, 6.45) is 4.17. The van der Waals surface area contributed by atoms with Crippen LogP contribution in [-0.4, -0.2) is 12.3 Å². The molecule has 0 bridgehead atoms. The zero-order valence-electron chi connectivity index (χ0n) is 8.55. The molecule has 2 aliphatic rings. The number of hydrogen-bond donors (Lipinski definition) is 1. The molecule has 1 nitrogen and oxygen atoms in total. The van der Waals surface area contributed by atoms with E-state index in [1.54, 1.807) is 0 Å². The highest BCUT2D eigenvalue weighted by molar-refractivity contribution is 7.99. The Labute approximate surface area is 99.6 Å². The van der Waals surface area contributed by atoms with Crippen LogP contribution in [0.25, 0.3) is 0 Å². The van der Waals surface area contributed by atoms with Crippen LogP contribution in [0.1, 0.15) is 19.3 Å². The molecule has 0 atom stereocenters. The molecule has 3 rings (SSSR count). The number of anilines is 1. The Morgan fingerprint density at radius 1 is 1.33 bits per heavy atom. The van der Waals surface area contributed by atoms with Gasteiger partial charge in [-0.1, -0.05) is 18.0 Å². The summed E-state index contributed by atoms with van der Waals surface area (Å²) in [5.41, 5.74) is 1.78. The Kier molecular flexibility index (Phi) is 2.37. The van der Waals surface area contributed by atoms with Gasteiger partial charge in [-0.05, 0) is 36.5 Å². The van der Waals surface area contributed by atoms with Crippen molar-refractivity contribution in [1.82, 2.24) is 0 Å². The maximum atomic E-state index is 6.00. The molecule has 1 fully saturated rings. The number of rotatable bonds is 0. The minimum atomic E-state index is 0.566. The van der Waals surface area contributed by atoms with Gasteiger partial charge in [0.15, 0.2) is 0 Å². The van der Waals surface area contributed by atoms with Gasteiger partial charge in [-0.25, -0.2) is 0 Å². The van der Waals surface area contributed by atoms with Crippen molar-refractivity contribution in [3.63, 3.8) is 0 Å². The van der Waals surface area contributed by atoms with Crippen molar-refractivity contribution < 1.29 is 0 Å². The Balaban J connectivity index is 1.88. The maximum absolute atomic E-state index is 6.00. The fraction of sp³-hybridized carbons (Fsp3) is 0.500. The Bertz CT molecular complexity index is 387. The minimum Gasteiger partial charge on any atom is -0.384 e. The van der Waals surface area contributed by atoms with Gasteiger partial charge in [0, 0.05) is 27.9 Å². The van der Waals surface area contributed by atoms with Crippen molar-refractivity contribution in [1.29, 1.82) is 0 Å². The first-order valence-electron chi connectivity index (χ1n) is 5.44. The van der Waals surface area contributed by atoms with Crippen LogP contribution in [0.5, 0.6) is 0 Å². The molecule has 1 aromatic carbocycles. The van der Waals surface area contributed by atoms with Crippen molar-refractivity contribution >= 4 is 29.1 Å². The van der Waals surface area contributed by atoms with Crippen molar-refractivity contribution in [3.05, 3.63) is 23.2 Å². The van der Waals surface area contributed by atoms with Gasteiger partial charge in [-0.3, -0.25) is 0 Å².